The molecule has 1 heterocycles. The molecule has 0 N–H and O–H groups in total. The molecule has 3 heteroatoms. The SMILES string of the molecule is CC(C)(C)[Si](OCCCCCCCCCCC#CCCc1cccnc1)(c1ccccc1)c1ccccc1. The van der Waals surface area contributed by atoms with Crippen LogP contribution >= 0.6 is 0 Å². The first kappa shape index (κ1) is 29.9. The second kappa shape index (κ2) is 16.3. The molecule has 2 nitrogen and oxygen atoms in total. The zero-order chi connectivity index (χ0) is 26.9. The van der Waals surface area contributed by atoms with Gasteiger partial charge in [-0.15, -0.1) is 11.8 Å². The van der Waals surface area contributed by atoms with Crippen LogP contribution in [0, 0.1) is 11.8 Å². The largest absolute Gasteiger partial charge is 0.407 e. The maximum atomic E-state index is 7.01. The van der Waals surface area contributed by atoms with E-state index >= 15 is 0 Å². The third-order valence-corrected chi connectivity index (χ3v) is 12.4. The predicted octanol–water partition coefficient (Wildman–Crippen LogP) is 8.11. The van der Waals surface area contributed by atoms with Crippen molar-refractivity contribution in [3.8, 4) is 11.8 Å². The monoisotopic (exact) mass is 525 g/mol. The highest BCUT2D eigenvalue weighted by Gasteiger charge is 2.49. The number of rotatable bonds is 15. The van der Waals surface area contributed by atoms with Crippen LogP contribution in [0.15, 0.2) is 85.2 Å². The van der Waals surface area contributed by atoms with Crippen LogP contribution in [0.4, 0.5) is 0 Å². The zero-order valence-electron chi connectivity index (χ0n) is 23.9. The van der Waals surface area contributed by atoms with Crippen molar-refractivity contribution in [3.05, 3.63) is 90.8 Å². The number of nitrogens with zero attached hydrogens (tertiary/aromatic N) is 1. The van der Waals surface area contributed by atoms with Crippen LogP contribution in [-0.4, -0.2) is 19.9 Å². The van der Waals surface area contributed by atoms with E-state index in [2.05, 4.69) is 104 Å². The molecule has 0 bridgehead atoms. The Bertz CT molecular complexity index is 1040. The molecule has 0 fully saturated rings. The number of hydrogen-bond donors (Lipinski definition) is 0. The van der Waals surface area contributed by atoms with Crippen molar-refractivity contribution in [2.24, 2.45) is 0 Å². The van der Waals surface area contributed by atoms with Gasteiger partial charge in [0.1, 0.15) is 0 Å². The second-order valence-electron chi connectivity index (χ2n) is 11.3. The van der Waals surface area contributed by atoms with Crippen molar-refractivity contribution < 1.29 is 4.43 Å². The lowest BCUT2D eigenvalue weighted by atomic mass is 10.1. The molecule has 1 aromatic heterocycles. The van der Waals surface area contributed by atoms with Crippen molar-refractivity contribution in [1.82, 2.24) is 4.98 Å². The van der Waals surface area contributed by atoms with Crippen LogP contribution in [0.1, 0.15) is 90.5 Å². The van der Waals surface area contributed by atoms with Crippen LogP contribution in [0.5, 0.6) is 0 Å². The Kier molecular flexibility index (Phi) is 12.8. The Morgan fingerprint density at radius 3 is 1.76 bits per heavy atom. The van der Waals surface area contributed by atoms with Crippen LogP contribution in [0.25, 0.3) is 0 Å². The molecular formula is C35H47NOSi. The van der Waals surface area contributed by atoms with Gasteiger partial charge in [0, 0.05) is 31.8 Å². The topological polar surface area (TPSA) is 22.1 Å². The lowest BCUT2D eigenvalue weighted by Gasteiger charge is -2.43. The molecule has 2 aromatic carbocycles. The van der Waals surface area contributed by atoms with Crippen molar-refractivity contribution in [2.75, 3.05) is 6.61 Å². The highest BCUT2D eigenvalue weighted by Crippen LogP contribution is 2.36. The average Bonchev–Trinajstić information content (AvgIpc) is 2.94. The van der Waals surface area contributed by atoms with E-state index in [1.165, 1.54) is 60.9 Å². The van der Waals surface area contributed by atoms with Crippen LogP contribution in [0.2, 0.25) is 5.04 Å². The quantitative estimate of drug-likeness (QED) is 0.114. The summed E-state index contributed by atoms with van der Waals surface area (Å²) < 4.78 is 7.01. The third kappa shape index (κ3) is 9.26. The van der Waals surface area contributed by atoms with Crippen molar-refractivity contribution in [1.29, 1.82) is 0 Å². The molecule has 0 radical (unpaired) electrons. The van der Waals surface area contributed by atoms with Gasteiger partial charge in [-0.3, -0.25) is 4.98 Å². The van der Waals surface area contributed by atoms with Gasteiger partial charge in [-0.1, -0.05) is 126 Å². The van der Waals surface area contributed by atoms with Gasteiger partial charge < -0.3 is 4.43 Å². The number of hydrogen-bond acceptors (Lipinski definition) is 2. The van der Waals surface area contributed by atoms with Gasteiger partial charge in [0.15, 0.2) is 0 Å². The molecule has 202 valence electrons. The highest BCUT2D eigenvalue weighted by atomic mass is 28.4. The fourth-order valence-corrected chi connectivity index (χ4v) is 9.90. The van der Waals surface area contributed by atoms with Crippen molar-refractivity contribution in [3.63, 3.8) is 0 Å². The van der Waals surface area contributed by atoms with Gasteiger partial charge in [0.2, 0.25) is 0 Å². The fraction of sp³-hybridized carbons (Fsp3) is 0.457. The van der Waals surface area contributed by atoms with Gasteiger partial charge in [-0.2, -0.15) is 0 Å². The van der Waals surface area contributed by atoms with E-state index in [-0.39, 0.29) is 5.04 Å². The lowest BCUT2D eigenvalue weighted by Crippen LogP contribution is -2.66. The first-order chi connectivity index (χ1) is 18.5. The molecule has 0 spiro atoms. The standard InChI is InChI=1S/C35H47NOSi/c1-35(2,3)38(33-25-17-14-18-26-33,34-27-19-15-20-28-34)37-30-21-13-11-9-7-5-4-6-8-10-12-16-23-32-24-22-29-36-31-32/h14-15,17-20,22,24-29,31H,4-9,11,13,16,21,23,30H2,1-3H3. The Hall–Kier alpha value is -2.67. The first-order valence-electron chi connectivity index (χ1n) is 14.6. The fourth-order valence-electron chi connectivity index (χ4n) is 5.29. The number of aromatic nitrogens is 1. The van der Waals surface area contributed by atoms with Gasteiger partial charge in [0.25, 0.3) is 8.32 Å². The molecule has 0 aliphatic heterocycles. The van der Waals surface area contributed by atoms with Crippen molar-refractivity contribution >= 4 is 18.7 Å². The van der Waals surface area contributed by atoms with Crippen LogP contribution in [0.3, 0.4) is 0 Å². The van der Waals surface area contributed by atoms with E-state index in [1.54, 1.807) is 0 Å². The Labute approximate surface area is 233 Å². The summed E-state index contributed by atoms with van der Waals surface area (Å²) in [7, 11) is -2.38. The maximum absolute atomic E-state index is 7.01. The molecule has 0 aliphatic rings. The number of benzene rings is 2. The Morgan fingerprint density at radius 1 is 0.658 bits per heavy atom. The second-order valence-corrected chi connectivity index (χ2v) is 15.6. The van der Waals surface area contributed by atoms with E-state index in [0.717, 1.165) is 32.3 Å². The minimum absolute atomic E-state index is 0.0550. The minimum Gasteiger partial charge on any atom is -0.407 e. The van der Waals surface area contributed by atoms with Crippen LogP contribution < -0.4 is 10.4 Å². The average molecular weight is 526 g/mol. The summed E-state index contributed by atoms with van der Waals surface area (Å²) in [6.07, 6.45) is 16.9. The summed E-state index contributed by atoms with van der Waals surface area (Å²) in [5.74, 6) is 6.66. The lowest BCUT2D eigenvalue weighted by molar-refractivity contribution is 0.286. The van der Waals surface area contributed by atoms with Crippen molar-refractivity contribution in [2.45, 2.75) is 96.4 Å². The van der Waals surface area contributed by atoms with E-state index < -0.39 is 8.32 Å². The minimum atomic E-state index is -2.38. The van der Waals surface area contributed by atoms with Crippen LogP contribution in [-0.2, 0) is 10.8 Å². The Morgan fingerprint density at radius 2 is 1.21 bits per heavy atom. The molecule has 0 saturated heterocycles. The number of pyridine rings is 1. The van der Waals surface area contributed by atoms with E-state index in [9.17, 15) is 0 Å². The molecule has 0 atom stereocenters. The van der Waals surface area contributed by atoms with E-state index in [0.29, 0.717) is 0 Å². The molecule has 0 saturated carbocycles. The molecule has 0 aliphatic carbocycles. The zero-order valence-corrected chi connectivity index (χ0v) is 24.9. The normalized spacial score (nSPS) is 11.7. The van der Waals surface area contributed by atoms with Gasteiger partial charge in [-0.05, 0) is 46.3 Å². The summed E-state index contributed by atoms with van der Waals surface area (Å²) in [6.45, 7) is 7.90. The summed E-state index contributed by atoms with van der Waals surface area (Å²) in [5.41, 5.74) is 1.27. The number of aryl methyl sites for hydroxylation is 1. The predicted molar refractivity (Wildman–Crippen MR) is 165 cm³/mol. The van der Waals surface area contributed by atoms with Gasteiger partial charge in [-0.25, -0.2) is 0 Å². The Balaban J connectivity index is 1.32. The van der Waals surface area contributed by atoms with E-state index in [1.807, 2.05) is 18.5 Å². The number of unbranched alkanes of at least 4 members (excludes halogenated alkanes) is 8. The van der Waals surface area contributed by atoms with Gasteiger partial charge in [0.05, 0.1) is 0 Å². The third-order valence-electron chi connectivity index (χ3n) is 7.32. The summed E-state index contributed by atoms with van der Waals surface area (Å²) in [6, 6.07) is 26.1. The molecule has 0 amide bonds. The summed E-state index contributed by atoms with van der Waals surface area (Å²) in [5, 5.41) is 2.80. The van der Waals surface area contributed by atoms with E-state index in [4.69, 9.17) is 4.43 Å². The molecule has 3 aromatic rings. The molecule has 3 rings (SSSR count). The smallest absolute Gasteiger partial charge is 0.261 e. The highest BCUT2D eigenvalue weighted by molar-refractivity contribution is 6.99. The summed E-state index contributed by atoms with van der Waals surface area (Å²) in [4.78, 5) is 4.16. The maximum Gasteiger partial charge on any atom is 0.261 e. The first-order valence-corrected chi connectivity index (χ1v) is 16.5. The van der Waals surface area contributed by atoms with Gasteiger partial charge >= 0.3 is 0 Å². The molecular weight excluding hydrogens is 478 g/mol. The molecule has 0 unspecified atom stereocenters. The molecule has 38 heavy (non-hydrogen) atoms. The summed E-state index contributed by atoms with van der Waals surface area (Å²) >= 11 is 0.